The molecule has 0 amide bonds. The summed E-state index contributed by atoms with van der Waals surface area (Å²) in [5, 5.41) is 15.1. The number of aliphatic hydroxyl groups excluding tert-OH is 1. The maximum Gasteiger partial charge on any atom is 0.349 e. The van der Waals surface area contributed by atoms with Crippen LogP contribution in [0.2, 0.25) is 0 Å². The first-order chi connectivity index (χ1) is 10.2. The Morgan fingerprint density at radius 2 is 2.10 bits per heavy atom. The summed E-state index contributed by atoms with van der Waals surface area (Å²) in [5.74, 6) is 1.50. The third-order valence-corrected chi connectivity index (χ3v) is 3.09. The molecule has 1 aromatic carbocycles. The topological polar surface area (TPSA) is 92.5 Å². The normalized spacial score (nSPS) is 11.0. The van der Waals surface area contributed by atoms with Crippen molar-refractivity contribution in [3.05, 3.63) is 52.2 Å². The number of nitrogens with zero attached hydrogens (tertiary/aromatic N) is 3. The fraction of sp³-hybridized carbons (Fsp3) is 0.214. The van der Waals surface area contributed by atoms with Crippen LogP contribution in [-0.4, -0.2) is 31.3 Å². The van der Waals surface area contributed by atoms with Crippen LogP contribution < -0.4 is 10.4 Å². The fourth-order valence-corrected chi connectivity index (χ4v) is 2.10. The molecular weight excluding hydrogens is 272 g/mol. The van der Waals surface area contributed by atoms with Crippen molar-refractivity contribution >= 4 is 5.65 Å². The Bertz CT molecular complexity index is 820. The Labute approximate surface area is 119 Å². The number of nitrogens with one attached hydrogen (secondary N) is 1. The van der Waals surface area contributed by atoms with Gasteiger partial charge in [0.1, 0.15) is 11.6 Å². The molecule has 2 heterocycles. The number of benzene rings is 1. The molecule has 0 saturated carbocycles. The molecule has 0 atom stereocenters. The van der Waals surface area contributed by atoms with E-state index in [-0.39, 0.29) is 12.3 Å². The summed E-state index contributed by atoms with van der Waals surface area (Å²) in [5.41, 5.74) is 1.16. The van der Waals surface area contributed by atoms with Gasteiger partial charge in [-0.15, -0.1) is 0 Å². The Balaban J connectivity index is 1.89. The largest absolute Gasteiger partial charge is 0.439 e. The summed E-state index contributed by atoms with van der Waals surface area (Å²) >= 11 is 0. The molecule has 108 valence electrons. The van der Waals surface area contributed by atoms with Gasteiger partial charge in [0.2, 0.25) is 5.88 Å². The zero-order valence-corrected chi connectivity index (χ0v) is 11.4. The van der Waals surface area contributed by atoms with E-state index in [4.69, 9.17) is 9.84 Å². The van der Waals surface area contributed by atoms with Gasteiger partial charge in [-0.05, 0) is 31.0 Å². The second kappa shape index (κ2) is 5.37. The van der Waals surface area contributed by atoms with Crippen molar-refractivity contribution in [3.63, 3.8) is 0 Å². The standard InChI is InChI=1S/C14H14N4O3/c1-9-15-13(8-12-16-17-14(20)18(9)12)21-11-4-2-10(3-5-11)6-7-19/h2-5,8,19H,6-7H2,1H3,(H,17,20). The zero-order chi connectivity index (χ0) is 14.8. The summed E-state index contributed by atoms with van der Waals surface area (Å²) in [6.45, 7) is 1.83. The van der Waals surface area contributed by atoms with E-state index in [9.17, 15) is 4.79 Å². The van der Waals surface area contributed by atoms with E-state index in [1.165, 1.54) is 4.40 Å². The van der Waals surface area contributed by atoms with Crippen molar-refractivity contribution in [1.29, 1.82) is 0 Å². The van der Waals surface area contributed by atoms with Gasteiger partial charge >= 0.3 is 5.69 Å². The minimum absolute atomic E-state index is 0.117. The van der Waals surface area contributed by atoms with Crippen LogP contribution in [0, 0.1) is 6.92 Å². The molecular formula is C14H14N4O3. The smallest absolute Gasteiger partial charge is 0.349 e. The van der Waals surface area contributed by atoms with Crippen molar-refractivity contribution in [2.24, 2.45) is 0 Å². The molecule has 2 aromatic heterocycles. The summed E-state index contributed by atoms with van der Waals surface area (Å²) in [7, 11) is 0. The van der Waals surface area contributed by atoms with Crippen molar-refractivity contribution in [3.8, 4) is 11.6 Å². The Morgan fingerprint density at radius 1 is 1.33 bits per heavy atom. The lowest BCUT2D eigenvalue weighted by Crippen LogP contribution is -2.13. The molecule has 3 aromatic rings. The molecule has 0 aliphatic rings. The number of H-pyrrole nitrogens is 1. The van der Waals surface area contributed by atoms with E-state index in [1.807, 2.05) is 24.3 Å². The number of aliphatic hydroxyl groups is 1. The van der Waals surface area contributed by atoms with Crippen LogP contribution in [0.3, 0.4) is 0 Å². The second-order valence-electron chi connectivity index (χ2n) is 4.58. The SMILES string of the molecule is Cc1nc(Oc2ccc(CCO)cc2)cc2n[nH]c(=O)n12. The third-order valence-electron chi connectivity index (χ3n) is 3.09. The van der Waals surface area contributed by atoms with Crippen LogP contribution in [0.5, 0.6) is 11.6 Å². The summed E-state index contributed by atoms with van der Waals surface area (Å²) in [4.78, 5) is 15.7. The van der Waals surface area contributed by atoms with Gasteiger partial charge in [-0.2, -0.15) is 10.1 Å². The highest BCUT2D eigenvalue weighted by molar-refractivity contribution is 5.42. The summed E-state index contributed by atoms with van der Waals surface area (Å²) < 4.78 is 7.04. The number of aromatic amines is 1. The first-order valence-electron chi connectivity index (χ1n) is 6.50. The van der Waals surface area contributed by atoms with E-state index in [0.29, 0.717) is 29.5 Å². The van der Waals surface area contributed by atoms with Crippen LogP contribution in [0.1, 0.15) is 11.4 Å². The highest BCUT2D eigenvalue weighted by Gasteiger charge is 2.08. The molecule has 0 fully saturated rings. The first-order valence-corrected chi connectivity index (χ1v) is 6.50. The van der Waals surface area contributed by atoms with E-state index in [0.717, 1.165) is 5.56 Å². The Hall–Kier alpha value is -2.67. The molecule has 3 rings (SSSR count). The quantitative estimate of drug-likeness (QED) is 0.748. The van der Waals surface area contributed by atoms with Crippen molar-refractivity contribution in [1.82, 2.24) is 19.6 Å². The number of fused-ring (bicyclic) bond motifs is 1. The molecule has 0 radical (unpaired) electrons. The summed E-state index contributed by atoms with van der Waals surface area (Å²) in [6, 6.07) is 8.98. The molecule has 0 spiro atoms. The van der Waals surface area contributed by atoms with Crippen LogP contribution in [-0.2, 0) is 6.42 Å². The monoisotopic (exact) mass is 286 g/mol. The highest BCUT2D eigenvalue weighted by atomic mass is 16.5. The number of aromatic nitrogens is 4. The fourth-order valence-electron chi connectivity index (χ4n) is 2.10. The molecule has 0 unspecified atom stereocenters. The van der Waals surface area contributed by atoms with Crippen molar-refractivity contribution in [2.45, 2.75) is 13.3 Å². The number of ether oxygens (including phenoxy) is 1. The molecule has 0 aliphatic heterocycles. The lowest BCUT2D eigenvalue weighted by molar-refractivity contribution is 0.299. The van der Waals surface area contributed by atoms with E-state index >= 15 is 0 Å². The third kappa shape index (κ3) is 2.63. The maximum absolute atomic E-state index is 11.5. The molecule has 0 saturated heterocycles. The molecule has 7 heteroatoms. The van der Waals surface area contributed by atoms with Gasteiger partial charge in [0, 0.05) is 12.7 Å². The van der Waals surface area contributed by atoms with Crippen LogP contribution in [0.4, 0.5) is 0 Å². The average molecular weight is 286 g/mol. The predicted octanol–water partition coefficient (Wildman–Crippen LogP) is 1.05. The minimum Gasteiger partial charge on any atom is -0.439 e. The van der Waals surface area contributed by atoms with E-state index in [2.05, 4.69) is 15.2 Å². The predicted molar refractivity (Wildman–Crippen MR) is 75.7 cm³/mol. The maximum atomic E-state index is 11.5. The van der Waals surface area contributed by atoms with Crippen LogP contribution in [0.25, 0.3) is 5.65 Å². The van der Waals surface area contributed by atoms with Gasteiger partial charge in [-0.25, -0.2) is 14.3 Å². The van der Waals surface area contributed by atoms with Crippen molar-refractivity contribution in [2.75, 3.05) is 6.61 Å². The van der Waals surface area contributed by atoms with E-state index < -0.39 is 0 Å². The lowest BCUT2D eigenvalue weighted by atomic mass is 10.1. The van der Waals surface area contributed by atoms with Crippen molar-refractivity contribution < 1.29 is 9.84 Å². The van der Waals surface area contributed by atoms with Gasteiger partial charge in [0.25, 0.3) is 0 Å². The van der Waals surface area contributed by atoms with Gasteiger partial charge in [0.15, 0.2) is 5.65 Å². The molecule has 0 bridgehead atoms. The average Bonchev–Trinajstić information content (AvgIpc) is 2.83. The van der Waals surface area contributed by atoms with Crippen LogP contribution in [0.15, 0.2) is 35.1 Å². The van der Waals surface area contributed by atoms with Gasteiger partial charge in [-0.1, -0.05) is 12.1 Å². The minimum atomic E-state index is -0.324. The van der Waals surface area contributed by atoms with E-state index in [1.54, 1.807) is 13.0 Å². The number of rotatable bonds is 4. The number of hydrogen-bond donors (Lipinski definition) is 2. The molecule has 7 nitrogen and oxygen atoms in total. The molecule has 0 aliphatic carbocycles. The molecule has 21 heavy (non-hydrogen) atoms. The zero-order valence-electron chi connectivity index (χ0n) is 11.4. The Morgan fingerprint density at radius 3 is 2.81 bits per heavy atom. The molecule has 2 N–H and O–H groups in total. The Kier molecular flexibility index (Phi) is 3.41. The highest BCUT2D eigenvalue weighted by Crippen LogP contribution is 2.21. The van der Waals surface area contributed by atoms with Gasteiger partial charge in [-0.3, -0.25) is 0 Å². The lowest BCUT2D eigenvalue weighted by Gasteiger charge is -2.07. The van der Waals surface area contributed by atoms with Crippen LogP contribution >= 0.6 is 0 Å². The second-order valence-corrected chi connectivity index (χ2v) is 4.58. The first kappa shape index (κ1) is 13.3. The van der Waals surface area contributed by atoms with Gasteiger partial charge in [0.05, 0.1) is 0 Å². The number of hydrogen-bond acceptors (Lipinski definition) is 5. The summed E-state index contributed by atoms with van der Waals surface area (Å²) in [6.07, 6.45) is 0.611. The number of aryl methyl sites for hydroxylation is 1. The van der Waals surface area contributed by atoms with Gasteiger partial charge < -0.3 is 9.84 Å².